The highest BCUT2D eigenvalue weighted by molar-refractivity contribution is 6.06. The maximum Gasteiger partial charge on any atom is 0.234 e. The molecule has 6 heteroatoms. The average molecular weight is 546 g/mol. The summed E-state index contributed by atoms with van der Waals surface area (Å²) < 4.78 is 0. The number of allylic oxidation sites excluding steroid dienone is 2. The van der Waals surface area contributed by atoms with E-state index in [4.69, 9.17) is 0 Å². The fourth-order valence-corrected chi connectivity index (χ4v) is 7.51. The molecular weight excluding hydrogens is 502 g/mol. The van der Waals surface area contributed by atoms with Crippen LogP contribution in [0.5, 0.6) is 5.75 Å². The minimum absolute atomic E-state index is 0.0227. The number of likely N-dealkylation sites (tertiary alicyclic amines) is 1. The van der Waals surface area contributed by atoms with Gasteiger partial charge in [-0.2, -0.15) is 0 Å². The summed E-state index contributed by atoms with van der Waals surface area (Å²) in [7, 11) is 0. The Kier molecular flexibility index (Phi) is 8.77. The molecule has 1 heterocycles. The second-order valence-corrected chi connectivity index (χ2v) is 12.0. The Balaban J connectivity index is 1.37. The van der Waals surface area contributed by atoms with Gasteiger partial charge < -0.3 is 15.3 Å². The van der Waals surface area contributed by atoms with Crippen LogP contribution < -0.4 is 0 Å². The first kappa shape index (κ1) is 28.6. The van der Waals surface area contributed by atoms with Crippen LogP contribution in [0.4, 0.5) is 0 Å². The lowest BCUT2D eigenvalue weighted by atomic mass is 9.67. The molecule has 3 N–H and O–H groups in total. The topological polar surface area (TPSA) is 98.1 Å². The van der Waals surface area contributed by atoms with Crippen molar-refractivity contribution in [2.75, 3.05) is 6.61 Å². The lowest BCUT2D eigenvalue weighted by Crippen LogP contribution is -2.42. The smallest absolute Gasteiger partial charge is 0.234 e. The minimum Gasteiger partial charge on any atom is -0.507 e. The molecule has 3 aliphatic rings. The van der Waals surface area contributed by atoms with Gasteiger partial charge in [0, 0.05) is 17.3 Å². The van der Waals surface area contributed by atoms with E-state index in [0.29, 0.717) is 19.3 Å². The zero-order valence-corrected chi connectivity index (χ0v) is 23.8. The Hall–Kier alpha value is -2.96. The van der Waals surface area contributed by atoms with Gasteiger partial charge in [0.15, 0.2) is 0 Å². The second kappa shape index (κ2) is 12.3. The van der Waals surface area contributed by atoms with E-state index in [1.54, 1.807) is 11.0 Å². The third-order valence-corrected chi connectivity index (χ3v) is 9.41. The summed E-state index contributed by atoms with van der Waals surface area (Å²) >= 11 is 0. The molecule has 2 amide bonds. The molecule has 1 aliphatic heterocycles. The largest absolute Gasteiger partial charge is 0.507 e. The number of phenolic OH excluding ortho intramolecular Hbond substituents is 1. The maximum atomic E-state index is 13.7. The van der Waals surface area contributed by atoms with Crippen molar-refractivity contribution in [1.82, 2.24) is 4.90 Å². The molecule has 40 heavy (non-hydrogen) atoms. The second-order valence-electron chi connectivity index (χ2n) is 12.0. The number of aromatic hydroxyl groups is 1. The molecule has 5 rings (SSSR count). The summed E-state index contributed by atoms with van der Waals surface area (Å²) in [5.74, 6) is -1.48. The number of aliphatic hydroxyl groups excluding tert-OH is 2. The number of fused-ring (bicyclic) bond motifs is 2. The lowest BCUT2D eigenvalue weighted by molar-refractivity contribution is -0.143. The van der Waals surface area contributed by atoms with Crippen molar-refractivity contribution in [2.24, 2.45) is 17.8 Å². The number of carbonyl (C=O) groups is 2. The maximum absolute atomic E-state index is 13.7. The molecule has 4 atom stereocenters. The number of rotatable bonds is 9. The molecule has 2 aromatic rings. The highest BCUT2D eigenvalue weighted by Gasteiger charge is 2.56. The number of hydrogen-bond acceptors (Lipinski definition) is 5. The third-order valence-electron chi connectivity index (χ3n) is 9.41. The molecule has 0 bridgehead atoms. The summed E-state index contributed by atoms with van der Waals surface area (Å²) in [4.78, 5) is 28.8. The summed E-state index contributed by atoms with van der Waals surface area (Å²) in [5, 5.41) is 34.1. The van der Waals surface area contributed by atoms with Crippen LogP contribution in [0.25, 0.3) is 16.8 Å². The van der Waals surface area contributed by atoms with Gasteiger partial charge >= 0.3 is 0 Å². The molecule has 0 radical (unpaired) electrons. The van der Waals surface area contributed by atoms with E-state index in [0.717, 1.165) is 78.0 Å². The number of benzene rings is 2. The van der Waals surface area contributed by atoms with E-state index in [9.17, 15) is 24.9 Å². The minimum atomic E-state index is -0.786. The van der Waals surface area contributed by atoms with Crippen molar-refractivity contribution in [3.8, 4) is 5.75 Å². The van der Waals surface area contributed by atoms with Crippen LogP contribution in [0.2, 0.25) is 0 Å². The van der Waals surface area contributed by atoms with Crippen molar-refractivity contribution < 1.29 is 24.9 Å². The number of aliphatic hydroxyl groups is 2. The van der Waals surface area contributed by atoms with Gasteiger partial charge in [0.25, 0.3) is 0 Å². The van der Waals surface area contributed by atoms with Gasteiger partial charge in [0.1, 0.15) is 5.75 Å². The van der Waals surface area contributed by atoms with E-state index in [2.05, 4.69) is 13.0 Å². The highest BCUT2D eigenvalue weighted by Crippen LogP contribution is 2.48. The number of phenols is 1. The molecule has 1 saturated carbocycles. The predicted octanol–water partition coefficient (Wildman–Crippen LogP) is 6.13. The summed E-state index contributed by atoms with van der Waals surface area (Å²) in [6.45, 7) is 3.88. The number of amides is 2. The standard InChI is InChI=1S/C34H43NO5/c1-3-9-23-19-27-32(34(40)35(33(27)39)24-10-5-4-6-11-24)28(20-36)31(23)30(38)16-14-21(2)18-22-15-17-29(37)26-13-8-7-12-25(22)26/h7-8,12-13,15,17-18,24,27-28,30,32,36-38H,3-6,9-11,14,16,19-20H2,1-2H3/b21-18+/t27-,28+,30-,32-/m1/s1. The van der Waals surface area contributed by atoms with Gasteiger partial charge in [0.05, 0.1) is 24.5 Å². The fraction of sp³-hybridized carbons (Fsp3) is 0.529. The van der Waals surface area contributed by atoms with Gasteiger partial charge in [-0.25, -0.2) is 0 Å². The van der Waals surface area contributed by atoms with Crippen LogP contribution in [-0.4, -0.2) is 50.8 Å². The summed E-state index contributed by atoms with van der Waals surface area (Å²) in [6.07, 6.45) is 9.53. The normalized spacial score (nSPS) is 25.1. The Bertz CT molecular complexity index is 1320. The Morgan fingerprint density at radius 2 is 1.77 bits per heavy atom. The van der Waals surface area contributed by atoms with Crippen LogP contribution in [0, 0.1) is 17.8 Å². The number of nitrogens with zero attached hydrogens (tertiary/aromatic N) is 1. The molecule has 214 valence electrons. The van der Waals surface area contributed by atoms with E-state index in [-0.39, 0.29) is 30.2 Å². The Labute approximate surface area is 237 Å². The quantitative estimate of drug-likeness (QED) is 0.260. The van der Waals surface area contributed by atoms with E-state index in [1.807, 2.05) is 37.3 Å². The molecule has 6 nitrogen and oxygen atoms in total. The molecular formula is C34H43NO5. The molecule has 0 unspecified atom stereocenters. The number of hydrogen-bond donors (Lipinski definition) is 3. The van der Waals surface area contributed by atoms with Gasteiger partial charge in [-0.15, -0.1) is 0 Å². The van der Waals surface area contributed by atoms with E-state index in [1.165, 1.54) is 0 Å². The molecule has 2 aromatic carbocycles. The van der Waals surface area contributed by atoms with Crippen LogP contribution in [0.15, 0.2) is 53.1 Å². The predicted molar refractivity (Wildman–Crippen MR) is 157 cm³/mol. The lowest BCUT2D eigenvalue weighted by Gasteiger charge is -2.36. The van der Waals surface area contributed by atoms with Crippen molar-refractivity contribution >= 4 is 28.7 Å². The van der Waals surface area contributed by atoms with Crippen molar-refractivity contribution in [2.45, 2.75) is 90.2 Å². The van der Waals surface area contributed by atoms with Crippen molar-refractivity contribution in [1.29, 1.82) is 0 Å². The van der Waals surface area contributed by atoms with Crippen LogP contribution in [0.3, 0.4) is 0 Å². The summed E-state index contributed by atoms with van der Waals surface area (Å²) in [6, 6.07) is 11.3. The SMILES string of the molecule is CCCC1=C([C@H](O)CC/C(C)=C/c2ccc(O)c3ccccc23)[C@H](CO)[C@@H]2C(=O)N(C3CCCCC3)C(=O)[C@@H]2C1. The molecule has 2 aliphatic carbocycles. The zero-order chi connectivity index (χ0) is 28.4. The van der Waals surface area contributed by atoms with E-state index < -0.39 is 23.9 Å². The first-order valence-corrected chi connectivity index (χ1v) is 15.1. The van der Waals surface area contributed by atoms with Crippen LogP contribution >= 0.6 is 0 Å². The highest BCUT2D eigenvalue weighted by atomic mass is 16.3. The first-order chi connectivity index (χ1) is 19.3. The fourth-order valence-electron chi connectivity index (χ4n) is 7.51. The van der Waals surface area contributed by atoms with Crippen molar-refractivity contribution in [3.63, 3.8) is 0 Å². The molecule has 0 spiro atoms. The number of carbonyl (C=O) groups excluding carboxylic acids is 2. The molecule has 1 saturated heterocycles. The van der Waals surface area contributed by atoms with Gasteiger partial charge in [-0.1, -0.05) is 80.2 Å². The average Bonchev–Trinajstić information content (AvgIpc) is 3.22. The number of imide groups is 1. The first-order valence-electron chi connectivity index (χ1n) is 15.1. The van der Waals surface area contributed by atoms with Gasteiger partial charge in [-0.05, 0) is 68.0 Å². The third kappa shape index (κ3) is 5.36. The molecule has 2 fully saturated rings. The monoisotopic (exact) mass is 545 g/mol. The zero-order valence-electron chi connectivity index (χ0n) is 23.8. The Morgan fingerprint density at radius 3 is 2.48 bits per heavy atom. The van der Waals surface area contributed by atoms with Gasteiger partial charge in [-0.3, -0.25) is 14.5 Å². The summed E-state index contributed by atoms with van der Waals surface area (Å²) in [5.41, 5.74) is 3.95. The van der Waals surface area contributed by atoms with Crippen LogP contribution in [0.1, 0.15) is 83.6 Å². The van der Waals surface area contributed by atoms with E-state index >= 15 is 0 Å². The Morgan fingerprint density at radius 1 is 1.05 bits per heavy atom. The molecule has 0 aromatic heterocycles. The van der Waals surface area contributed by atoms with Crippen molar-refractivity contribution in [3.05, 3.63) is 58.7 Å². The van der Waals surface area contributed by atoms with Crippen LogP contribution in [-0.2, 0) is 9.59 Å². The van der Waals surface area contributed by atoms with Gasteiger partial charge in [0.2, 0.25) is 11.8 Å².